The molecule has 1 saturated heterocycles. The summed E-state index contributed by atoms with van der Waals surface area (Å²) in [6, 6.07) is 0. The molecule has 2 atom stereocenters. The maximum absolute atomic E-state index is 11.0. The zero-order valence-corrected chi connectivity index (χ0v) is 6.13. The van der Waals surface area contributed by atoms with Crippen molar-refractivity contribution in [2.75, 3.05) is 13.1 Å². The molecule has 10 heavy (non-hydrogen) atoms. The smallest absolute Gasteiger partial charge is 0.139 e. The Morgan fingerprint density at radius 3 is 2.80 bits per heavy atom. The lowest BCUT2D eigenvalue weighted by molar-refractivity contribution is -0.124. The van der Waals surface area contributed by atoms with E-state index in [1.54, 1.807) is 0 Å². The second kappa shape index (κ2) is 3.12. The molecule has 0 amide bonds. The van der Waals surface area contributed by atoms with Crippen molar-refractivity contribution in [1.82, 2.24) is 5.32 Å². The van der Waals surface area contributed by atoms with E-state index >= 15 is 0 Å². The summed E-state index contributed by atoms with van der Waals surface area (Å²) in [4.78, 5) is 11.0. The van der Waals surface area contributed by atoms with Crippen LogP contribution >= 0.6 is 0 Å². The molecule has 0 bridgehead atoms. The van der Waals surface area contributed by atoms with Gasteiger partial charge < -0.3 is 10.4 Å². The van der Waals surface area contributed by atoms with Gasteiger partial charge in [0.25, 0.3) is 0 Å². The SMILES string of the molecule is CCC(=O)[C@@H]1CNC[C@@H]1O. The van der Waals surface area contributed by atoms with Crippen LogP contribution < -0.4 is 5.32 Å². The summed E-state index contributed by atoms with van der Waals surface area (Å²) in [5.74, 6) is 0.0162. The topological polar surface area (TPSA) is 49.3 Å². The second-order valence-corrected chi connectivity index (χ2v) is 2.65. The van der Waals surface area contributed by atoms with Crippen LogP contribution in [0.4, 0.5) is 0 Å². The maximum atomic E-state index is 11.0. The number of carbonyl (C=O) groups excluding carboxylic acids is 1. The van der Waals surface area contributed by atoms with Crippen molar-refractivity contribution in [2.24, 2.45) is 5.92 Å². The molecule has 1 rings (SSSR count). The molecular formula is C7H13NO2. The molecule has 1 aliphatic rings. The average molecular weight is 143 g/mol. The van der Waals surface area contributed by atoms with Gasteiger partial charge in [0.2, 0.25) is 0 Å². The summed E-state index contributed by atoms with van der Waals surface area (Å²) in [7, 11) is 0. The monoisotopic (exact) mass is 143 g/mol. The van der Waals surface area contributed by atoms with Gasteiger partial charge in [-0.25, -0.2) is 0 Å². The van der Waals surface area contributed by atoms with Crippen molar-refractivity contribution in [3.8, 4) is 0 Å². The van der Waals surface area contributed by atoms with Gasteiger partial charge in [0.05, 0.1) is 12.0 Å². The van der Waals surface area contributed by atoms with Gasteiger partial charge in [-0.05, 0) is 0 Å². The van der Waals surface area contributed by atoms with E-state index in [1.807, 2.05) is 6.92 Å². The Hall–Kier alpha value is -0.410. The summed E-state index contributed by atoms with van der Waals surface area (Å²) in [5.41, 5.74) is 0. The van der Waals surface area contributed by atoms with Crippen molar-refractivity contribution >= 4 is 5.78 Å². The first-order chi connectivity index (χ1) is 4.75. The standard InChI is InChI=1S/C7H13NO2/c1-2-6(9)5-3-8-4-7(5)10/h5,7-8,10H,2-4H2,1H3/t5-,7-/m0/s1. The van der Waals surface area contributed by atoms with Crippen LogP contribution in [0.1, 0.15) is 13.3 Å². The first kappa shape index (κ1) is 7.69. The molecule has 0 saturated carbocycles. The Morgan fingerprint density at radius 1 is 1.70 bits per heavy atom. The number of carbonyl (C=O) groups is 1. The number of hydrogen-bond acceptors (Lipinski definition) is 3. The number of nitrogens with one attached hydrogen (secondary N) is 1. The molecule has 0 aromatic carbocycles. The minimum Gasteiger partial charge on any atom is -0.391 e. The molecule has 0 aliphatic carbocycles. The van der Waals surface area contributed by atoms with E-state index in [1.165, 1.54) is 0 Å². The van der Waals surface area contributed by atoms with E-state index in [0.29, 0.717) is 19.5 Å². The molecule has 0 unspecified atom stereocenters. The van der Waals surface area contributed by atoms with Crippen molar-refractivity contribution in [3.63, 3.8) is 0 Å². The molecule has 0 spiro atoms. The molecular weight excluding hydrogens is 130 g/mol. The molecule has 58 valence electrons. The van der Waals surface area contributed by atoms with Gasteiger partial charge in [0, 0.05) is 19.5 Å². The lowest BCUT2D eigenvalue weighted by Crippen LogP contribution is -2.25. The van der Waals surface area contributed by atoms with E-state index in [4.69, 9.17) is 0 Å². The van der Waals surface area contributed by atoms with Gasteiger partial charge in [-0.2, -0.15) is 0 Å². The summed E-state index contributed by atoms with van der Waals surface area (Å²) >= 11 is 0. The summed E-state index contributed by atoms with van der Waals surface area (Å²) in [5, 5.41) is 12.2. The molecule has 2 N–H and O–H groups in total. The molecule has 0 radical (unpaired) electrons. The van der Waals surface area contributed by atoms with E-state index in [0.717, 1.165) is 0 Å². The van der Waals surface area contributed by atoms with Gasteiger partial charge in [-0.3, -0.25) is 4.79 Å². The minimum absolute atomic E-state index is 0.148. The second-order valence-electron chi connectivity index (χ2n) is 2.65. The molecule has 0 aromatic rings. The highest BCUT2D eigenvalue weighted by Crippen LogP contribution is 2.11. The molecule has 3 nitrogen and oxygen atoms in total. The van der Waals surface area contributed by atoms with E-state index in [2.05, 4.69) is 5.32 Å². The van der Waals surface area contributed by atoms with Crippen molar-refractivity contribution in [2.45, 2.75) is 19.4 Å². The predicted octanol–water partition coefficient (Wildman–Crippen LogP) is -0.454. The third-order valence-electron chi connectivity index (χ3n) is 1.94. The van der Waals surface area contributed by atoms with Crippen LogP contribution in [0.25, 0.3) is 0 Å². The van der Waals surface area contributed by atoms with Crippen LogP contribution in [0.3, 0.4) is 0 Å². The fourth-order valence-corrected chi connectivity index (χ4v) is 1.26. The zero-order valence-electron chi connectivity index (χ0n) is 6.13. The Kier molecular flexibility index (Phi) is 2.40. The molecule has 1 aliphatic heterocycles. The fourth-order valence-electron chi connectivity index (χ4n) is 1.26. The van der Waals surface area contributed by atoms with Crippen LogP contribution in [0.15, 0.2) is 0 Å². The largest absolute Gasteiger partial charge is 0.391 e. The summed E-state index contributed by atoms with van der Waals surface area (Å²) in [6.07, 6.45) is 0.0797. The highest BCUT2D eigenvalue weighted by atomic mass is 16.3. The number of aliphatic hydroxyl groups is 1. The molecule has 0 aromatic heterocycles. The van der Waals surface area contributed by atoms with Gasteiger partial charge in [-0.1, -0.05) is 6.92 Å². The van der Waals surface area contributed by atoms with Gasteiger partial charge in [0.15, 0.2) is 0 Å². The Morgan fingerprint density at radius 2 is 2.40 bits per heavy atom. The quantitative estimate of drug-likeness (QED) is 0.550. The van der Waals surface area contributed by atoms with Gasteiger partial charge >= 0.3 is 0 Å². The van der Waals surface area contributed by atoms with Crippen LogP contribution in [0, 0.1) is 5.92 Å². The van der Waals surface area contributed by atoms with Gasteiger partial charge in [0.1, 0.15) is 5.78 Å². The number of hydrogen-bond donors (Lipinski definition) is 2. The van der Waals surface area contributed by atoms with Crippen molar-refractivity contribution in [3.05, 3.63) is 0 Å². The Labute approximate surface area is 60.4 Å². The maximum Gasteiger partial charge on any atom is 0.139 e. The molecule has 1 heterocycles. The normalized spacial score (nSPS) is 32.6. The van der Waals surface area contributed by atoms with Crippen molar-refractivity contribution in [1.29, 1.82) is 0 Å². The summed E-state index contributed by atoms with van der Waals surface area (Å²) in [6.45, 7) is 3.04. The highest BCUT2D eigenvalue weighted by Gasteiger charge is 2.29. The van der Waals surface area contributed by atoms with Gasteiger partial charge in [-0.15, -0.1) is 0 Å². The average Bonchev–Trinajstić information content (AvgIpc) is 2.34. The van der Waals surface area contributed by atoms with Crippen molar-refractivity contribution < 1.29 is 9.90 Å². The predicted molar refractivity (Wildman–Crippen MR) is 37.7 cm³/mol. The molecule has 3 heteroatoms. The van der Waals surface area contributed by atoms with Crippen LogP contribution in [0.2, 0.25) is 0 Å². The van der Waals surface area contributed by atoms with Crippen LogP contribution in [0.5, 0.6) is 0 Å². The first-order valence-corrected chi connectivity index (χ1v) is 3.67. The highest BCUT2D eigenvalue weighted by molar-refractivity contribution is 5.81. The number of aliphatic hydroxyl groups excluding tert-OH is 1. The third-order valence-corrected chi connectivity index (χ3v) is 1.94. The lowest BCUT2D eigenvalue weighted by atomic mass is 9.99. The third kappa shape index (κ3) is 1.36. The lowest BCUT2D eigenvalue weighted by Gasteiger charge is -2.09. The fraction of sp³-hybridized carbons (Fsp3) is 0.857. The number of β-amino-alcohol motifs (C(OH)–C–C–N with tert-alkyl or cyclic N) is 1. The van der Waals surface area contributed by atoms with E-state index in [-0.39, 0.29) is 11.7 Å². The van der Waals surface area contributed by atoms with E-state index in [9.17, 15) is 9.90 Å². The number of ketones is 1. The first-order valence-electron chi connectivity index (χ1n) is 3.67. The minimum atomic E-state index is -0.451. The van der Waals surface area contributed by atoms with Crippen LogP contribution in [-0.2, 0) is 4.79 Å². The zero-order chi connectivity index (χ0) is 7.56. The number of Topliss-reactive ketones (excluding diaryl/α,β-unsaturated/α-hetero) is 1. The number of rotatable bonds is 2. The Balaban J connectivity index is 2.46. The summed E-state index contributed by atoms with van der Waals surface area (Å²) < 4.78 is 0. The van der Waals surface area contributed by atoms with Crippen LogP contribution in [-0.4, -0.2) is 30.1 Å². The Bertz CT molecular complexity index is 136. The molecule has 1 fully saturated rings. The van der Waals surface area contributed by atoms with E-state index < -0.39 is 6.10 Å².